The Bertz CT molecular complexity index is 402. The van der Waals surface area contributed by atoms with E-state index in [2.05, 4.69) is 4.90 Å². The summed E-state index contributed by atoms with van der Waals surface area (Å²) >= 11 is 0. The first kappa shape index (κ1) is 13.5. The second-order valence-corrected chi connectivity index (χ2v) is 4.55. The molecule has 17 heavy (non-hydrogen) atoms. The summed E-state index contributed by atoms with van der Waals surface area (Å²) in [6.45, 7) is 3.59. The van der Waals surface area contributed by atoms with E-state index in [1.807, 2.05) is 45.1 Å². The molecule has 0 aliphatic heterocycles. The quantitative estimate of drug-likeness (QED) is 0.845. The fourth-order valence-electron chi connectivity index (χ4n) is 1.62. The van der Waals surface area contributed by atoms with E-state index in [-0.39, 0.29) is 0 Å². The fourth-order valence-corrected chi connectivity index (χ4v) is 1.62. The van der Waals surface area contributed by atoms with Crippen molar-refractivity contribution in [3.63, 3.8) is 0 Å². The second-order valence-electron chi connectivity index (χ2n) is 4.55. The van der Waals surface area contributed by atoms with E-state index in [1.54, 1.807) is 6.07 Å². The molecule has 4 nitrogen and oxygen atoms in total. The zero-order chi connectivity index (χ0) is 13.0. The predicted octanol–water partition coefficient (Wildman–Crippen LogP) is 1.69. The summed E-state index contributed by atoms with van der Waals surface area (Å²) in [4.78, 5) is 15.2. The lowest BCUT2D eigenvalue weighted by Crippen LogP contribution is -2.29. The first-order valence-corrected chi connectivity index (χ1v) is 5.61. The van der Waals surface area contributed by atoms with Crippen LogP contribution in [0.15, 0.2) is 18.2 Å². The minimum atomic E-state index is -0.875. The molecule has 0 aliphatic carbocycles. The number of hydrogen-bond donors (Lipinski definition) is 1. The number of aromatic carboxylic acids is 1. The molecule has 0 aromatic heterocycles. The second kappa shape index (κ2) is 5.68. The third-order valence-corrected chi connectivity index (χ3v) is 2.68. The van der Waals surface area contributed by atoms with Crippen molar-refractivity contribution in [3.8, 4) is 0 Å². The molecule has 0 unspecified atom stereocenters. The van der Waals surface area contributed by atoms with Crippen LogP contribution in [0.5, 0.6) is 0 Å². The van der Waals surface area contributed by atoms with Crippen LogP contribution in [0.2, 0.25) is 0 Å². The molecule has 0 atom stereocenters. The number of hydrogen-bond acceptors (Lipinski definition) is 3. The van der Waals surface area contributed by atoms with Gasteiger partial charge in [-0.15, -0.1) is 0 Å². The molecule has 0 aliphatic rings. The molecule has 1 aromatic rings. The summed E-state index contributed by atoms with van der Waals surface area (Å²) in [6.07, 6.45) is 0. The molecule has 0 spiro atoms. The molecule has 0 bridgehead atoms. The van der Waals surface area contributed by atoms with Crippen LogP contribution < -0.4 is 4.90 Å². The number of anilines is 1. The van der Waals surface area contributed by atoms with E-state index in [9.17, 15) is 9.90 Å². The Morgan fingerprint density at radius 2 is 1.88 bits per heavy atom. The van der Waals surface area contributed by atoms with Crippen LogP contribution in [-0.4, -0.2) is 50.2 Å². The van der Waals surface area contributed by atoms with E-state index < -0.39 is 5.97 Å². The van der Waals surface area contributed by atoms with Gasteiger partial charge in [-0.2, -0.15) is 0 Å². The number of nitrogens with zero attached hydrogens (tertiary/aromatic N) is 2. The van der Waals surface area contributed by atoms with Gasteiger partial charge in [-0.1, -0.05) is 11.6 Å². The van der Waals surface area contributed by atoms with Gasteiger partial charge >= 0.3 is 5.97 Å². The summed E-state index contributed by atoms with van der Waals surface area (Å²) in [5.41, 5.74) is 2.10. The third kappa shape index (κ3) is 3.75. The average molecular weight is 236 g/mol. The smallest absolute Gasteiger partial charge is 0.337 e. The molecule has 4 heteroatoms. The van der Waals surface area contributed by atoms with Crippen molar-refractivity contribution in [1.82, 2.24) is 4.90 Å². The Labute approximate surface area is 102 Å². The number of likely N-dealkylation sites (N-methyl/N-ethyl adjacent to an activating group) is 2. The normalized spacial score (nSPS) is 10.6. The Kier molecular flexibility index (Phi) is 4.52. The first-order chi connectivity index (χ1) is 7.91. The number of carboxylic acid groups (broad SMARTS) is 1. The zero-order valence-electron chi connectivity index (χ0n) is 10.9. The van der Waals surface area contributed by atoms with E-state index in [0.717, 1.165) is 24.3 Å². The maximum atomic E-state index is 11.2. The van der Waals surface area contributed by atoms with Crippen molar-refractivity contribution in [2.75, 3.05) is 39.1 Å². The van der Waals surface area contributed by atoms with Gasteiger partial charge in [0.25, 0.3) is 0 Å². The lowest BCUT2D eigenvalue weighted by Gasteiger charge is -2.23. The maximum Gasteiger partial charge on any atom is 0.337 e. The van der Waals surface area contributed by atoms with Crippen LogP contribution in [-0.2, 0) is 0 Å². The highest BCUT2D eigenvalue weighted by atomic mass is 16.4. The lowest BCUT2D eigenvalue weighted by molar-refractivity contribution is 0.0697. The van der Waals surface area contributed by atoms with Crippen molar-refractivity contribution in [2.45, 2.75) is 6.92 Å². The van der Waals surface area contributed by atoms with Gasteiger partial charge in [0.15, 0.2) is 0 Å². The Balaban J connectivity index is 2.92. The molecule has 0 saturated heterocycles. The average Bonchev–Trinajstić information content (AvgIpc) is 2.25. The molecule has 0 radical (unpaired) electrons. The highest BCUT2D eigenvalue weighted by molar-refractivity contribution is 5.94. The van der Waals surface area contributed by atoms with Gasteiger partial charge in [0.2, 0.25) is 0 Å². The van der Waals surface area contributed by atoms with Gasteiger partial charge in [0, 0.05) is 20.1 Å². The zero-order valence-corrected chi connectivity index (χ0v) is 10.9. The van der Waals surface area contributed by atoms with Crippen LogP contribution in [0, 0.1) is 6.92 Å². The Morgan fingerprint density at radius 1 is 1.24 bits per heavy atom. The monoisotopic (exact) mass is 236 g/mol. The highest BCUT2D eigenvalue weighted by Crippen LogP contribution is 2.20. The van der Waals surface area contributed by atoms with Gasteiger partial charge < -0.3 is 14.9 Å². The molecule has 94 valence electrons. The topological polar surface area (TPSA) is 43.8 Å². The minimum Gasteiger partial charge on any atom is -0.478 e. The number of carboxylic acids is 1. The summed E-state index contributed by atoms with van der Waals surface area (Å²) in [6, 6.07) is 5.52. The minimum absolute atomic E-state index is 0.367. The van der Waals surface area contributed by atoms with Gasteiger partial charge in [-0.3, -0.25) is 0 Å². The van der Waals surface area contributed by atoms with Crippen LogP contribution in [0.1, 0.15) is 15.9 Å². The Morgan fingerprint density at radius 3 is 2.41 bits per heavy atom. The van der Waals surface area contributed by atoms with Gasteiger partial charge in [-0.05, 0) is 33.2 Å². The fraction of sp³-hybridized carbons (Fsp3) is 0.462. The molecular formula is C13H20N2O2. The SMILES string of the molecule is Cc1ccc(N(C)CCN(C)C)c(C(=O)O)c1. The van der Waals surface area contributed by atoms with Crippen LogP contribution in [0.4, 0.5) is 5.69 Å². The lowest BCUT2D eigenvalue weighted by atomic mass is 10.1. The van der Waals surface area contributed by atoms with E-state index in [1.165, 1.54) is 0 Å². The largest absolute Gasteiger partial charge is 0.478 e. The van der Waals surface area contributed by atoms with E-state index in [0.29, 0.717) is 5.56 Å². The molecule has 0 saturated carbocycles. The van der Waals surface area contributed by atoms with Crippen molar-refractivity contribution in [2.24, 2.45) is 0 Å². The first-order valence-electron chi connectivity index (χ1n) is 5.61. The Hall–Kier alpha value is -1.55. The molecule has 1 N–H and O–H groups in total. The summed E-state index contributed by atoms with van der Waals surface area (Å²) in [7, 11) is 5.92. The predicted molar refractivity (Wildman–Crippen MR) is 70.0 cm³/mol. The standard InChI is InChI=1S/C13H20N2O2/c1-10-5-6-12(11(9-10)13(16)17)15(4)8-7-14(2)3/h5-6,9H,7-8H2,1-4H3,(H,16,17). The number of carbonyl (C=O) groups is 1. The number of rotatable bonds is 5. The molecular weight excluding hydrogens is 216 g/mol. The molecule has 1 rings (SSSR count). The van der Waals surface area contributed by atoms with Crippen LogP contribution >= 0.6 is 0 Å². The van der Waals surface area contributed by atoms with E-state index in [4.69, 9.17) is 0 Å². The van der Waals surface area contributed by atoms with Crippen molar-refractivity contribution >= 4 is 11.7 Å². The van der Waals surface area contributed by atoms with Gasteiger partial charge in [0.05, 0.1) is 11.3 Å². The summed E-state index contributed by atoms with van der Waals surface area (Å²) in [5, 5.41) is 9.18. The molecule has 0 amide bonds. The number of benzene rings is 1. The van der Waals surface area contributed by atoms with Crippen LogP contribution in [0.3, 0.4) is 0 Å². The van der Waals surface area contributed by atoms with Gasteiger partial charge in [0.1, 0.15) is 0 Å². The van der Waals surface area contributed by atoms with Crippen molar-refractivity contribution in [1.29, 1.82) is 0 Å². The van der Waals surface area contributed by atoms with Crippen molar-refractivity contribution < 1.29 is 9.90 Å². The van der Waals surface area contributed by atoms with Crippen LogP contribution in [0.25, 0.3) is 0 Å². The highest BCUT2D eigenvalue weighted by Gasteiger charge is 2.13. The summed E-state index contributed by atoms with van der Waals surface area (Å²) in [5.74, 6) is -0.875. The molecule has 0 heterocycles. The van der Waals surface area contributed by atoms with Crippen molar-refractivity contribution in [3.05, 3.63) is 29.3 Å². The molecule has 0 fully saturated rings. The number of aryl methyl sites for hydroxylation is 1. The van der Waals surface area contributed by atoms with E-state index >= 15 is 0 Å². The maximum absolute atomic E-state index is 11.2. The van der Waals surface area contributed by atoms with Gasteiger partial charge in [-0.25, -0.2) is 4.79 Å². The third-order valence-electron chi connectivity index (χ3n) is 2.68. The summed E-state index contributed by atoms with van der Waals surface area (Å²) < 4.78 is 0. The molecule has 1 aromatic carbocycles.